The third kappa shape index (κ3) is 2.81. The van der Waals surface area contributed by atoms with E-state index < -0.39 is 0 Å². The minimum Gasteiger partial charge on any atom is -0.398 e. The van der Waals surface area contributed by atoms with Crippen LogP contribution in [0.25, 0.3) is 0 Å². The first-order valence-electron chi connectivity index (χ1n) is 2.83. The molecule has 0 atom stereocenters. The molecule has 62 valence electrons. The summed E-state index contributed by atoms with van der Waals surface area (Å²) in [4.78, 5) is 1.07. The Kier molecular flexibility index (Phi) is 4.73. The highest BCUT2D eigenvalue weighted by atomic mass is 35.5. The highest BCUT2D eigenvalue weighted by molar-refractivity contribution is 7.98. The van der Waals surface area contributed by atoms with Gasteiger partial charge in [-0.1, -0.05) is 11.6 Å². The molecule has 0 radical (unpaired) electrons. The SMILES string of the molecule is CSc1ccc(Cl)cc1N.Cl. The van der Waals surface area contributed by atoms with Crippen molar-refractivity contribution >= 4 is 41.5 Å². The molecule has 0 aliphatic rings. The molecule has 0 bridgehead atoms. The third-order valence-corrected chi connectivity index (χ3v) is 2.24. The number of nitrogens with two attached hydrogens (primary N) is 1. The first-order valence-corrected chi connectivity index (χ1v) is 4.43. The van der Waals surface area contributed by atoms with Crippen LogP contribution in [0.4, 0.5) is 5.69 Å². The Bertz CT molecular complexity index is 240. The maximum atomic E-state index is 5.68. The number of thioether (sulfide) groups is 1. The summed E-state index contributed by atoms with van der Waals surface area (Å²) < 4.78 is 0. The first kappa shape index (κ1) is 11.0. The minimum absolute atomic E-state index is 0. The second kappa shape index (κ2) is 4.75. The summed E-state index contributed by atoms with van der Waals surface area (Å²) in [5, 5.41) is 0.690. The van der Waals surface area contributed by atoms with E-state index in [1.54, 1.807) is 17.8 Å². The normalized spacial score (nSPS) is 8.91. The Morgan fingerprint density at radius 2 is 2.09 bits per heavy atom. The minimum atomic E-state index is 0. The standard InChI is InChI=1S/C7H8ClNS.ClH/c1-10-7-3-2-5(8)4-6(7)9;/h2-4H,9H2,1H3;1H. The van der Waals surface area contributed by atoms with E-state index in [4.69, 9.17) is 17.3 Å². The van der Waals surface area contributed by atoms with Crippen LogP contribution in [0.1, 0.15) is 0 Å². The van der Waals surface area contributed by atoms with Gasteiger partial charge in [-0.3, -0.25) is 0 Å². The van der Waals surface area contributed by atoms with Gasteiger partial charge in [-0.05, 0) is 24.5 Å². The van der Waals surface area contributed by atoms with Gasteiger partial charge >= 0.3 is 0 Å². The molecule has 0 amide bonds. The van der Waals surface area contributed by atoms with Gasteiger partial charge in [0.15, 0.2) is 0 Å². The zero-order valence-electron chi connectivity index (χ0n) is 6.00. The molecular weight excluding hydrogens is 201 g/mol. The smallest absolute Gasteiger partial charge is 0.0467 e. The number of hydrogen-bond acceptors (Lipinski definition) is 2. The van der Waals surface area contributed by atoms with Gasteiger partial charge < -0.3 is 5.73 Å². The van der Waals surface area contributed by atoms with Crippen LogP contribution in [0.3, 0.4) is 0 Å². The molecule has 0 aliphatic carbocycles. The molecule has 0 unspecified atom stereocenters. The number of anilines is 1. The van der Waals surface area contributed by atoms with E-state index in [-0.39, 0.29) is 12.4 Å². The molecule has 1 nitrogen and oxygen atoms in total. The molecule has 2 N–H and O–H groups in total. The van der Waals surface area contributed by atoms with E-state index in [9.17, 15) is 0 Å². The van der Waals surface area contributed by atoms with Crippen molar-refractivity contribution in [1.29, 1.82) is 0 Å². The van der Waals surface area contributed by atoms with Crippen LogP contribution in [0.2, 0.25) is 5.02 Å². The van der Waals surface area contributed by atoms with E-state index in [0.717, 1.165) is 10.6 Å². The predicted octanol–water partition coefficient (Wildman–Crippen LogP) is 3.07. The van der Waals surface area contributed by atoms with Gasteiger partial charge in [0.1, 0.15) is 0 Å². The molecule has 1 rings (SSSR count). The van der Waals surface area contributed by atoms with E-state index in [1.807, 2.05) is 18.4 Å². The van der Waals surface area contributed by atoms with Crippen LogP contribution < -0.4 is 5.73 Å². The van der Waals surface area contributed by atoms with E-state index in [2.05, 4.69) is 0 Å². The fourth-order valence-corrected chi connectivity index (χ4v) is 1.38. The molecule has 0 aliphatic heterocycles. The lowest BCUT2D eigenvalue weighted by atomic mass is 10.3. The van der Waals surface area contributed by atoms with Crippen molar-refractivity contribution in [3.8, 4) is 0 Å². The zero-order valence-corrected chi connectivity index (χ0v) is 8.39. The molecule has 0 spiro atoms. The Morgan fingerprint density at radius 1 is 1.45 bits per heavy atom. The zero-order chi connectivity index (χ0) is 7.56. The Balaban J connectivity index is 0.000001000. The summed E-state index contributed by atoms with van der Waals surface area (Å²) in [6, 6.07) is 5.51. The summed E-state index contributed by atoms with van der Waals surface area (Å²) >= 11 is 7.31. The number of nitrogen functional groups attached to an aromatic ring is 1. The van der Waals surface area contributed by atoms with Crippen LogP contribution in [0, 0.1) is 0 Å². The fourth-order valence-electron chi connectivity index (χ4n) is 0.705. The summed E-state index contributed by atoms with van der Waals surface area (Å²) in [7, 11) is 0. The van der Waals surface area contributed by atoms with Crippen molar-refractivity contribution in [3.05, 3.63) is 23.2 Å². The predicted molar refractivity (Wildman–Crippen MR) is 54.9 cm³/mol. The molecule has 0 fully saturated rings. The van der Waals surface area contributed by atoms with Gasteiger partial charge in [-0.15, -0.1) is 24.2 Å². The highest BCUT2D eigenvalue weighted by Crippen LogP contribution is 2.25. The number of halogens is 2. The van der Waals surface area contributed by atoms with Gasteiger partial charge in [0.25, 0.3) is 0 Å². The molecular formula is C7H9Cl2NS. The molecule has 0 saturated heterocycles. The number of hydrogen-bond donors (Lipinski definition) is 1. The van der Waals surface area contributed by atoms with Gasteiger partial charge in [-0.25, -0.2) is 0 Å². The summed E-state index contributed by atoms with van der Waals surface area (Å²) in [6.07, 6.45) is 1.99. The van der Waals surface area contributed by atoms with Crippen LogP contribution in [0.15, 0.2) is 23.1 Å². The van der Waals surface area contributed by atoms with Crippen LogP contribution in [0.5, 0.6) is 0 Å². The Morgan fingerprint density at radius 3 is 2.55 bits per heavy atom. The average molecular weight is 210 g/mol. The van der Waals surface area contributed by atoms with Crippen molar-refractivity contribution in [2.75, 3.05) is 12.0 Å². The molecule has 0 aromatic heterocycles. The highest BCUT2D eigenvalue weighted by Gasteiger charge is 1.95. The molecule has 4 heteroatoms. The Hall–Kier alpha value is -0.0500. The van der Waals surface area contributed by atoms with E-state index >= 15 is 0 Å². The quantitative estimate of drug-likeness (QED) is 0.569. The molecule has 1 aromatic carbocycles. The van der Waals surface area contributed by atoms with Crippen molar-refractivity contribution in [2.45, 2.75) is 4.90 Å². The Labute approximate surface area is 81.7 Å². The second-order valence-corrected chi connectivity index (χ2v) is 3.17. The molecule has 0 heterocycles. The van der Waals surface area contributed by atoms with Gasteiger partial charge in [0, 0.05) is 15.6 Å². The summed E-state index contributed by atoms with van der Waals surface area (Å²) in [6.45, 7) is 0. The van der Waals surface area contributed by atoms with Crippen LogP contribution >= 0.6 is 35.8 Å². The van der Waals surface area contributed by atoms with E-state index in [1.165, 1.54) is 0 Å². The largest absolute Gasteiger partial charge is 0.398 e. The van der Waals surface area contributed by atoms with Crippen molar-refractivity contribution in [2.24, 2.45) is 0 Å². The monoisotopic (exact) mass is 209 g/mol. The first-order chi connectivity index (χ1) is 4.74. The second-order valence-electron chi connectivity index (χ2n) is 1.89. The maximum Gasteiger partial charge on any atom is 0.0467 e. The van der Waals surface area contributed by atoms with E-state index in [0.29, 0.717) is 5.02 Å². The van der Waals surface area contributed by atoms with Gasteiger partial charge in [0.05, 0.1) is 0 Å². The lowest BCUT2D eigenvalue weighted by Crippen LogP contribution is -1.86. The maximum absolute atomic E-state index is 5.68. The lowest BCUT2D eigenvalue weighted by Gasteiger charge is -2.00. The average Bonchev–Trinajstić information content (AvgIpc) is 1.88. The van der Waals surface area contributed by atoms with Crippen molar-refractivity contribution in [1.82, 2.24) is 0 Å². The molecule has 11 heavy (non-hydrogen) atoms. The van der Waals surface area contributed by atoms with Gasteiger partial charge in [-0.2, -0.15) is 0 Å². The van der Waals surface area contributed by atoms with Crippen LogP contribution in [-0.4, -0.2) is 6.26 Å². The number of benzene rings is 1. The fraction of sp³-hybridized carbons (Fsp3) is 0.143. The van der Waals surface area contributed by atoms with Crippen molar-refractivity contribution in [3.63, 3.8) is 0 Å². The molecule has 1 aromatic rings. The van der Waals surface area contributed by atoms with Gasteiger partial charge in [0.2, 0.25) is 0 Å². The number of rotatable bonds is 1. The third-order valence-electron chi connectivity index (χ3n) is 1.19. The lowest BCUT2D eigenvalue weighted by molar-refractivity contribution is 1.47. The summed E-state index contributed by atoms with van der Waals surface area (Å²) in [5.41, 5.74) is 6.38. The topological polar surface area (TPSA) is 26.0 Å². The summed E-state index contributed by atoms with van der Waals surface area (Å²) in [5.74, 6) is 0. The van der Waals surface area contributed by atoms with Crippen LogP contribution in [-0.2, 0) is 0 Å². The molecule has 0 saturated carbocycles. The van der Waals surface area contributed by atoms with Crippen molar-refractivity contribution < 1.29 is 0 Å².